The van der Waals surface area contributed by atoms with Gasteiger partial charge in [-0.15, -0.1) is 0 Å². The Bertz CT molecular complexity index is 1250. The average molecular weight is 424 g/mol. The van der Waals surface area contributed by atoms with Crippen LogP contribution in [0.4, 0.5) is 0 Å². The lowest BCUT2D eigenvalue weighted by molar-refractivity contribution is 0.340. The van der Waals surface area contributed by atoms with Gasteiger partial charge in [0.05, 0.1) is 6.61 Å². The molecule has 0 spiro atoms. The third kappa shape index (κ3) is 4.59. The fourth-order valence-corrected chi connectivity index (χ4v) is 4.48. The van der Waals surface area contributed by atoms with Crippen molar-refractivity contribution in [1.29, 1.82) is 0 Å². The van der Waals surface area contributed by atoms with Crippen LogP contribution in [-0.2, 0) is 32.1 Å². The summed E-state index contributed by atoms with van der Waals surface area (Å²) in [5.41, 5.74) is 7.78. The summed E-state index contributed by atoms with van der Waals surface area (Å²) in [4.78, 5) is 12.7. The van der Waals surface area contributed by atoms with E-state index in [1.165, 1.54) is 27.6 Å². The summed E-state index contributed by atoms with van der Waals surface area (Å²) in [6.45, 7) is 2.70. The number of nitrogens with zero attached hydrogens (tertiary/aromatic N) is 2. The highest BCUT2D eigenvalue weighted by atomic mass is 16.5. The number of hydrogen-bond acceptors (Lipinski definition) is 3. The first-order valence-electron chi connectivity index (χ1n) is 11.6. The quantitative estimate of drug-likeness (QED) is 0.365. The molecule has 32 heavy (non-hydrogen) atoms. The van der Waals surface area contributed by atoms with Gasteiger partial charge in [-0.3, -0.25) is 0 Å². The summed E-state index contributed by atoms with van der Waals surface area (Å²) >= 11 is 0. The van der Waals surface area contributed by atoms with Crippen LogP contribution < -0.4 is 4.74 Å². The Morgan fingerprint density at radius 3 is 2.91 bits per heavy atom. The summed E-state index contributed by atoms with van der Waals surface area (Å²) in [5, 5.41) is 1.25. The molecule has 4 heteroatoms. The first kappa shape index (κ1) is 20.5. The Kier molecular flexibility index (Phi) is 6.02. The lowest BCUT2D eigenvalue weighted by Crippen LogP contribution is -2.02. The van der Waals surface area contributed by atoms with Gasteiger partial charge in [0, 0.05) is 35.4 Å². The van der Waals surface area contributed by atoms with Gasteiger partial charge in [-0.2, -0.15) is 0 Å². The number of allylic oxidation sites excluding steroid dienone is 1. The molecule has 0 aliphatic heterocycles. The van der Waals surface area contributed by atoms with E-state index >= 15 is 0 Å². The molecule has 2 heterocycles. The van der Waals surface area contributed by atoms with Crippen LogP contribution in [0.3, 0.4) is 0 Å². The Morgan fingerprint density at radius 2 is 1.97 bits per heavy atom. The second-order valence-corrected chi connectivity index (χ2v) is 8.41. The number of aromatic amines is 1. The third-order valence-corrected chi connectivity index (χ3v) is 6.17. The molecule has 0 atom stereocenters. The van der Waals surface area contributed by atoms with E-state index in [0.717, 1.165) is 61.3 Å². The average Bonchev–Trinajstić information content (AvgIpc) is 3.45. The summed E-state index contributed by atoms with van der Waals surface area (Å²) < 4.78 is 5.66. The molecule has 5 rings (SSSR count). The van der Waals surface area contributed by atoms with Gasteiger partial charge < -0.3 is 9.72 Å². The summed E-state index contributed by atoms with van der Waals surface area (Å²) in [6.07, 6.45) is 14.4. The number of benzene rings is 2. The second kappa shape index (κ2) is 9.39. The molecule has 0 unspecified atom stereocenters. The Labute approximate surface area is 189 Å². The van der Waals surface area contributed by atoms with E-state index in [2.05, 4.69) is 58.6 Å². The normalized spacial score (nSPS) is 12.4. The minimum atomic E-state index is 0.683. The molecule has 0 saturated heterocycles. The van der Waals surface area contributed by atoms with Crippen LogP contribution in [0.2, 0.25) is 0 Å². The van der Waals surface area contributed by atoms with E-state index in [1.54, 1.807) is 0 Å². The molecule has 2 aromatic heterocycles. The molecular formula is C28H29N3O. The first-order chi connectivity index (χ1) is 15.8. The van der Waals surface area contributed by atoms with Crippen molar-refractivity contribution >= 4 is 17.0 Å². The van der Waals surface area contributed by atoms with Crippen LogP contribution in [0, 0.1) is 0 Å². The number of ether oxygens (including phenoxy) is 1. The van der Waals surface area contributed by atoms with E-state index < -0.39 is 0 Å². The molecule has 162 valence electrons. The molecule has 0 radical (unpaired) electrons. The van der Waals surface area contributed by atoms with Crippen LogP contribution in [0.15, 0.2) is 60.9 Å². The van der Waals surface area contributed by atoms with Crippen molar-refractivity contribution in [2.45, 2.75) is 45.4 Å². The smallest absolute Gasteiger partial charge is 0.128 e. The van der Waals surface area contributed by atoms with E-state index in [1.807, 2.05) is 25.3 Å². The highest BCUT2D eigenvalue weighted by Crippen LogP contribution is 2.25. The maximum Gasteiger partial charge on any atom is 0.128 e. The molecule has 1 aliphatic carbocycles. The number of nitrogens with one attached hydrogen (secondary N) is 1. The molecule has 0 bridgehead atoms. The van der Waals surface area contributed by atoms with Crippen molar-refractivity contribution in [3.8, 4) is 5.75 Å². The maximum atomic E-state index is 5.66. The van der Waals surface area contributed by atoms with Gasteiger partial charge in [0.1, 0.15) is 11.6 Å². The minimum absolute atomic E-state index is 0.683. The highest BCUT2D eigenvalue weighted by molar-refractivity contribution is 5.84. The minimum Gasteiger partial charge on any atom is -0.494 e. The summed E-state index contributed by atoms with van der Waals surface area (Å²) in [6, 6.07) is 15.1. The number of aromatic nitrogens is 3. The van der Waals surface area contributed by atoms with Crippen molar-refractivity contribution in [3.63, 3.8) is 0 Å². The highest BCUT2D eigenvalue weighted by Gasteiger charge is 2.08. The largest absolute Gasteiger partial charge is 0.494 e. The van der Waals surface area contributed by atoms with E-state index in [4.69, 9.17) is 9.72 Å². The predicted octanol–water partition coefficient (Wildman–Crippen LogP) is 5.89. The molecule has 0 saturated carbocycles. The Hall–Kier alpha value is -3.40. The van der Waals surface area contributed by atoms with Crippen LogP contribution in [0.1, 0.15) is 47.1 Å². The Morgan fingerprint density at radius 1 is 1.00 bits per heavy atom. The molecule has 0 fully saturated rings. The van der Waals surface area contributed by atoms with E-state index in [0.29, 0.717) is 6.61 Å². The molecule has 4 aromatic rings. The summed E-state index contributed by atoms with van der Waals surface area (Å²) in [5.74, 6) is 1.87. The number of hydrogen-bond donors (Lipinski definition) is 1. The monoisotopic (exact) mass is 423 g/mol. The zero-order valence-corrected chi connectivity index (χ0v) is 18.6. The van der Waals surface area contributed by atoms with Gasteiger partial charge in [-0.05, 0) is 85.5 Å². The third-order valence-electron chi connectivity index (χ3n) is 6.17. The first-order valence-corrected chi connectivity index (χ1v) is 11.6. The number of fused-ring (bicyclic) bond motifs is 2. The number of aryl methyl sites for hydroxylation is 4. The molecular weight excluding hydrogens is 394 g/mol. The number of rotatable bonds is 9. The van der Waals surface area contributed by atoms with Crippen molar-refractivity contribution < 1.29 is 4.74 Å². The standard InChI is InChI=1S/C28H29N3O/c1-2-32-25-13-14-27-26(18-25)23(19-30-27)7-4-8-28-29-16-15-24(31-28)12-10-20-9-11-21-5-3-6-22(21)17-20/h3,6,9,11,13-19,30H,2,4-5,7-8,10,12H2,1H3. The fourth-order valence-electron chi connectivity index (χ4n) is 4.48. The summed E-state index contributed by atoms with van der Waals surface area (Å²) in [7, 11) is 0. The van der Waals surface area contributed by atoms with Crippen molar-refractivity contribution in [1.82, 2.24) is 15.0 Å². The zero-order valence-electron chi connectivity index (χ0n) is 18.6. The Balaban J connectivity index is 1.18. The predicted molar refractivity (Wildman–Crippen MR) is 130 cm³/mol. The van der Waals surface area contributed by atoms with Crippen molar-refractivity contribution in [3.05, 3.63) is 94.7 Å². The van der Waals surface area contributed by atoms with Crippen LogP contribution in [0.25, 0.3) is 17.0 Å². The van der Waals surface area contributed by atoms with Gasteiger partial charge in [0.25, 0.3) is 0 Å². The molecule has 1 N–H and O–H groups in total. The van der Waals surface area contributed by atoms with Gasteiger partial charge >= 0.3 is 0 Å². The fraction of sp³-hybridized carbons (Fsp3) is 0.286. The van der Waals surface area contributed by atoms with Crippen molar-refractivity contribution in [2.24, 2.45) is 0 Å². The number of H-pyrrole nitrogens is 1. The van der Waals surface area contributed by atoms with Gasteiger partial charge in [-0.1, -0.05) is 30.4 Å². The topological polar surface area (TPSA) is 50.8 Å². The van der Waals surface area contributed by atoms with Gasteiger partial charge in [0.15, 0.2) is 0 Å². The van der Waals surface area contributed by atoms with Gasteiger partial charge in [0.2, 0.25) is 0 Å². The van der Waals surface area contributed by atoms with E-state index in [-0.39, 0.29) is 0 Å². The SMILES string of the molecule is CCOc1ccc2[nH]cc(CCCc3nccc(CCc4ccc5c(c4)C=CC5)n3)c2c1. The van der Waals surface area contributed by atoms with Gasteiger partial charge in [-0.25, -0.2) is 9.97 Å². The molecule has 4 nitrogen and oxygen atoms in total. The lowest BCUT2D eigenvalue weighted by Gasteiger charge is -2.07. The maximum absolute atomic E-state index is 5.66. The molecule has 2 aromatic carbocycles. The molecule has 0 amide bonds. The van der Waals surface area contributed by atoms with E-state index in [9.17, 15) is 0 Å². The molecule has 1 aliphatic rings. The van der Waals surface area contributed by atoms with Crippen LogP contribution in [-0.4, -0.2) is 21.6 Å². The lowest BCUT2D eigenvalue weighted by atomic mass is 10.0. The van der Waals surface area contributed by atoms with Crippen molar-refractivity contribution in [2.75, 3.05) is 6.61 Å². The van der Waals surface area contributed by atoms with Crippen LogP contribution in [0.5, 0.6) is 5.75 Å². The second-order valence-electron chi connectivity index (χ2n) is 8.41. The van der Waals surface area contributed by atoms with Crippen LogP contribution >= 0.6 is 0 Å². The zero-order chi connectivity index (χ0) is 21.8.